The van der Waals surface area contributed by atoms with Crippen molar-refractivity contribution in [2.45, 2.75) is 26.1 Å². The molecule has 2 rings (SSSR count). The first kappa shape index (κ1) is 14.5. The summed E-state index contributed by atoms with van der Waals surface area (Å²) in [5, 5.41) is 0. The second-order valence-electron chi connectivity index (χ2n) is 5.03. The number of carbonyl (C=O) groups is 2. The number of rotatable bonds is 4. The van der Waals surface area contributed by atoms with E-state index in [2.05, 4.69) is 0 Å². The van der Waals surface area contributed by atoms with Crippen LogP contribution in [0.4, 0.5) is 0 Å². The average Bonchev–Trinajstić information content (AvgIpc) is 2.44. The molecule has 5 nitrogen and oxygen atoms in total. The van der Waals surface area contributed by atoms with Gasteiger partial charge in [0.05, 0.1) is 12.2 Å². The standard InChI is InChI=1S/C15H19NO4/c1-11-7-16(8-12(2)20-11)15(18)10-19-14-5-3-13(9-17)4-6-14/h3-6,9,11-12H,7-8,10H2,1-2H3. The van der Waals surface area contributed by atoms with E-state index in [1.165, 1.54) is 0 Å². The lowest BCUT2D eigenvalue weighted by molar-refractivity contribution is -0.145. The van der Waals surface area contributed by atoms with E-state index >= 15 is 0 Å². The van der Waals surface area contributed by atoms with E-state index in [1.54, 1.807) is 29.2 Å². The molecule has 1 aliphatic rings. The Labute approximate surface area is 118 Å². The molecule has 0 aromatic heterocycles. The van der Waals surface area contributed by atoms with Crippen LogP contribution >= 0.6 is 0 Å². The second-order valence-corrected chi connectivity index (χ2v) is 5.03. The normalized spacial score (nSPS) is 22.4. The maximum absolute atomic E-state index is 12.1. The third-order valence-electron chi connectivity index (χ3n) is 3.15. The van der Waals surface area contributed by atoms with Gasteiger partial charge in [0.25, 0.3) is 5.91 Å². The summed E-state index contributed by atoms with van der Waals surface area (Å²) >= 11 is 0. The van der Waals surface area contributed by atoms with Crippen LogP contribution in [0.5, 0.6) is 5.75 Å². The Kier molecular flexibility index (Phi) is 4.74. The number of amides is 1. The minimum atomic E-state index is -0.0496. The first-order valence-electron chi connectivity index (χ1n) is 6.69. The van der Waals surface area contributed by atoms with Crippen LogP contribution in [-0.2, 0) is 9.53 Å². The van der Waals surface area contributed by atoms with Gasteiger partial charge in [0.15, 0.2) is 6.61 Å². The van der Waals surface area contributed by atoms with E-state index in [9.17, 15) is 9.59 Å². The summed E-state index contributed by atoms with van der Waals surface area (Å²) in [5.74, 6) is 0.532. The van der Waals surface area contributed by atoms with Crippen molar-refractivity contribution in [3.05, 3.63) is 29.8 Å². The molecule has 0 saturated carbocycles. The zero-order chi connectivity index (χ0) is 14.5. The number of benzene rings is 1. The third-order valence-corrected chi connectivity index (χ3v) is 3.15. The van der Waals surface area contributed by atoms with E-state index < -0.39 is 0 Å². The predicted molar refractivity (Wildman–Crippen MR) is 73.9 cm³/mol. The number of ether oxygens (including phenoxy) is 2. The van der Waals surface area contributed by atoms with Crippen molar-refractivity contribution in [2.75, 3.05) is 19.7 Å². The predicted octanol–water partition coefficient (Wildman–Crippen LogP) is 1.51. The van der Waals surface area contributed by atoms with E-state index in [-0.39, 0.29) is 24.7 Å². The van der Waals surface area contributed by atoms with Crippen LogP contribution in [0.1, 0.15) is 24.2 Å². The number of hydrogen-bond acceptors (Lipinski definition) is 4. The Morgan fingerprint density at radius 1 is 1.30 bits per heavy atom. The molecule has 108 valence electrons. The summed E-state index contributed by atoms with van der Waals surface area (Å²) in [6, 6.07) is 6.68. The van der Waals surface area contributed by atoms with Crippen molar-refractivity contribution in [3.8, 4) is 5.75 Å². The summed E-state index contributed by atoms with van der Waals surface area (Å²) < 4.78 is 11.0. The largest absolute Gasteiger partial charge is 0.484 e. The number of nitrogens with zero attached hydrogens (tertiary/aromatic N) is 1. The topological polar surface area (TPSA) is 55.8 Å². The lowest BCUT2D eigenvalue weighted by Crippen LogP contribution is -2.49. The first-order valence-corrected chi connectivity index (χ1v) is 6.69. The van der Waals surface area contributed by atoms with Crippen LogP contribution in [0, 0.1) is 0 Å². The van der Waals surface area contributed by atoms with Gasteiger partial charge in [-0.3, -0.25) is 9.59 Å². The monoisotopic (exact) mass is 277 g/mol. The van der Waals surface area contributed by atoms with Crippen LogP contribution < -0.4 is 4.74 Å². The fraction of sp³-hybridized carbons (Fsp3) is 0.467. The maximum Gasteiger partial charge on any atom is 0.260 e. The summed E-state index contributed by atoms with van der Waals surface area (Å²) in [7, 11) is 0. The molecular weight excluding hydrogens is 258 g/mol. The summed E-state index contributed by atoms with van der Waals surface area (Å²) in [6.45, 7) is 5.09. The van der Waals surface area contributed by atoms with Gasteiger partial charge < -0.3 is 14.4 Å². The Hall–Kier alpha value is -1.88. The number of hydrogen-bond donors (Lipinski definition) is 0. The van der Waals surface area contributed by atoms with Gasteiger partial charge in [-0.05, 0) is 38.1 Å². The fourth-order valence-corrected chi connectivity index (χ4v) is 2.26. The first-order chi connectivity index (χ1) is 9.58. The molecule has 5 heteroatoms. The lowest BCUT2D eigenvalue weighted by atomic mass is 10.2. The Morgan fingerprint density at radius 2 is 1.90 bits per heavy atom. The molecule has 0 N–H and O–H groups in total. The van der Waals surface area contributed by atoms with Gasteiger partial charge in [0.1, 0.15) is 12.0 Å². The van der Waals surface area contributed by atoms with Crippen molar-refractivity contribution in [3.63, 3.8) is 0 Å². The number of morpholine rings is 1. The van der Waals surface area contributed by atoms with Crippen LogP contribution in [0.2, 0.25) is 0 Å². The summed E-state index contributed by atoms with van der Waals surface area (Å²) in [5.41, 5.74) is 0.583. The molecular formula is C15H19NO4. The van der Waals surface area contributed by atoms with E-state index in [4.69, 9.17) is 9.47 Å². The number of carbonyl (C=O) groups excluding carboxylic acids is 2. The SMILES string of the molecule is CC1CN(C(=O)COc2ccc(C=O)cc2)CC(C)O1. The van der Waals surface area contributed by atoms with Gasteiger partial charge in [-0.2, -0.15) is 0 Å². The van der Waals surface area contributed by atoms with Crippen molar-refractivity contribution in [1.29, 1.82) is 0 Å². The molecule has 2 atom stereocenters. The van der Waals surface area contributed by atoms with Crippen molar-refractivity contribution in [1.82, 2.24) is 4.90 Å². The van der Waals surface area contributed by atoms with Crippen LogP contribution in [0.15, 0.2) is 24.3 Å². The zero-order valence-corrected chi connectivity index (χ0v) is 11.7. The molecule has 0 radical (unpaired) electrons. The van der Waals surface area contributed by atoms with Gasteiger partial charge in [-0.25, -0.2) is 0 Å². The quantitative estimate of drug-likeness (QED) is 0.783. The van der Waals surface area contributed by atoms with Crippen molar-refractivity contribution < 1.29 is 19.1 Å². The Bertz CT molecular complexity index is 461. The molecule has 1 fully saturated rings. The van der Waals surface area contributed by atoms with Gasteiger partial charge in [-0.15, -0.1) is 0 Å². The van der Waals surface area contributed by atoms with Crippen molar-refractivity contribution >= 4 is 12.2 Å². The zero-order valence-electron chi connectivity index (χ0n) is 11.7. The van der Waals surface area contributed by atoms with Gasteiger partial charge >= 0.3 is 0 Å². The Balaban J connectivity index is 1.86. The molecule has 20 heavy (non-hydrogen) atoms. The molecule has 1 aromatic rings. The molecule has 2 unspecified atom stereocenters. The fourth-order valence-electron chi connectivity index (χ4n) is 2.26. The van der Waals surface area contributed by atoms with Gasteiger partial charge in [0, 0.05) is 18.7 Å². The van der Waals surface area contributed by atoms with Crippen LogP contribution in [-0.4, -0.2) is 49.0 Å². The lowest BCUT2D eigenvalue weighted by Gasteiger charge is -2.35. The highest BCUT2D eigenvalue weighted by Crippen LogP contribution is 2.13. The number of aldehydes is 1. The molecule has 1 saturated heterocycles. The summed E-state index contributed by atoms with van der Waals surface area (Å²) in [6.07, 6.45) is 0.870. The van der Waals surface area contributed by atoms with E-state index in [0.717, 1.165) is 6.29 Å². The molecule has 1 amide bonds. The van der Waals surface area contributed by atoms with Crippen LogP contribution in [0.25, 0.3) is 0 Å². The van der Waals surface area contributed by atoms with Gasteiger partial charge in [0.2, 0.25) is 0 Å². The highest BCUT2D eigenvalue weighted by molar-refractivity contribution is 5.78. The second kappa shape index (κ2) is 6.52. The minimum Gasteiger partial charge on any atom is -0.484 e. The highest BCUT2D eigenvalue weighted by atomic mass is 16.5. The third kappa shape index (κ3) is 3.81. The van der Waals surface area contributed by atoms with E-state index in [1.807, 2.05) is 13.8 Å². The molecule has 0 aliphatic carbocycles. The Morgan fingerprint density at radius 3 is 2.45 bits per heavy atom. The van der Waals surface area contributed by atoms with Crippen molar-refractivity contribution in [2.24, 2.45) is 0 Å². The van der Waals surface area contributed by atoms with Crippen LogP contribution in [0.3, 0.4) is 0 Å². The molecule has 0 spiro atoms. The van der Waals surface area contributed by atoms with Gasteiger partial charge in [-0.1, -0.05) is 0 Å². The molecule has 1 aliphatic heterocycles. The summed E-state index contributed by atoms with van der Waals surface area (Å²) in [4.78, 5) is 24.4. The molecule has 0 bridgehead atoms. The van der Waals surface area contributed by atoms with E-state index in [0.29, 0.717) is 24.4 Å². The highest BCUT2D eigenvalue weighted by Gasteiger charge is 2.25. The molecule has 1 heterocycles. The minimum absolute atomic E-state index is 0.000123. The smallest absolute Gasteiger partial charge is 0.260 e. The maximum atomic E-state index is 12.1. The average molecular weight is 277 g/mol. The molecule has 1 aromatic carbocycles.